The second kappa shape index (κ2) is 11.2. The lowest BCUT2D eigenvalue weighted by Gasteiger charge is -2.17. The molecule has 3 N–H and O–H groups in total. The average molecular weight is 469 g/mol. The Hall–Kier alpha value is -3.06. The summed E-state index contributed by atoms with van der Waals surface area (Å²) in [4.78, 5) is 29.3. The maximum Gasteiger partial charge on any atom is 0.335 e. The van der Waals surface area contributed by atoms with Gasteiger partial charge in [0, 0.05) is 23.1 Å². The van der Waals surface area contributed by atoms with Gasteiger partial charge in [-0.15, -0.1) is 0 Å². The third-order valence-electron chi connectivity index (χ3n) is 4.96. The molecule has 0 unspecified atom stereocenters. The number of para-hydroxylation sites is 1. The van der Waals surface area contributed by atoms with E-state index in [1.165, 1.54) is 0 Å². The molecular formula is C24H28N3O5P. The number of carbonyl (C=O) groups is 2. The molecule has 174 valence electrons. The topological polar surface area (TPSA) is 121 Å². The normalized spacial score (nSPS) is 12.4. The van der Waals surface area contributed by atoms with Crippen LogP contribution in [0, 0.1) is 0 Å². The summed E-state index contributed by atoms with van der Waals surface area (Å²) in [6.07, 6.45) is 0.282. The zero-order chi connectivity index (χ0) is 23.8. The first kappa shape index (κ1) is 24.6. The highest BCUT2D eigenvalue weighted by molar-refractivity contribution is 7.53. The number of pyridine rings is 1. The van der Waals surface area contributed by atoms with Crippen LogP contribution in [-0.2, 0) is 31.0 Å². The third kappa shape index (κ3) is 6.71. The number of primary amides is 1. The number of hydrogen-bond donors (Lipinski definition) is 2. The van der Waals surface area contributed by atoms with Crippen molar-refractivity contribution in [2.24, 2.45) is 5.73 Å². The van der Waals surface area contributed by atoms with Gasteiger partial charge in [-0.05, 0) is 43.7 Å². The second-order valence-corrected chi connectivity index (χ2v) is 9.48. The van der Waals surface area contributed by atoms with Crippen LogP contribution in [0.3, 0.4) is 0 Å². The highest BCUT2D eigenvalue weighted by Gasteiger charge is 2.24. The summed E-state index contributed by atoms with van der Waals surface area (Å²) in [5.41, 5.74) is 8.04. The number of fused-ring (bicyclic) bond motifs is 1. The van der Waals surface area contributed by atoms with Crippen LogP contribution in [0.2, 0.25) is 0 Å². The Kier molecular flexibility index (Phi) is 8.33. The Balaban J connectivity index is 1.68. The first-order valence-corrected chi connectivity index (χ1v) is 12.5. The molecule has 0 aliphatic rings. The molecule has 1 heterocycles. The molecule has 2 amide bonds. The lowest BCUT2D eigenvalue weighted by molar-refractivity contribution is -0.119. The van der Waals surface area contributed by atoms with Gasteiger partial charge in [0.1, 0.15) is 6.04 Å². The van der Waals surface area contributed by atoms with Crippen molar-refractivity contribution in [2.75, 3.05) is 13.2 Å². The third-order valence-corrected chi connectivity index (χ3v) is 7.02. The van der Waals surface area contributed by atoms with E-state index in [1.54, 1.807) is 38.1 Å². The maximum atomic E-state index is 12.7. The molecule has 3 rings (SSSR count). The Morgan fingerprint density at radius 3 is 2.30 bits per heavy atom. The quantitative estimate of drug-likeness (QED) is 0.412. The van der Waals surface area contributed by atoms with Crippen molar-refractivity contribution in [2.45, 2.75) is 32.5 Å². The van der Waals surface area contributed by atoms with Crippen molar-refractivity contribution >= 4 is 30.3 Å². The number of amides is 2. The summed E-state index contributed by atoms with van der Waals surface area (Å²) in [7, 11) is -3.24. The van der Waals surface area contributed by atoms with Gasteiger partial charge in [0.15, 0.2) is 0 Å². The minimum atomic E-state index is -3.24. The summed E-state index contributed by atoms with van der Waals surface area (Å²) in [5.74, 6) is -1.09. The van der Waals surface area contributed by atoms with Crippen molar-refractivity contribution in [1.82, 2.24) is 10.3 Å². The van der Waals surface area contributed by atoms with Gasteiger partial charge < -0.3 is 20.1 Å². The van der Waals surface area contributed by atoms with Gasteiger partial charge in [-0.3, -0.25) is 19.1 Å². The molecule has 0 bridgehead atoms. The van der Waals surface area contributed by atoms with Gasteiger partial charge in [0.25, 0.3) is 5.91 Å². The molecule has 1 atom stereocenters. The Morgan fingerprint density at radius 2 is 1.67 bits per heavy atom. The molecule has 0 aliphatic heterocycles. The molecule has 9 heteroatoms. The maximum absolute atomic E-state index is 12.7. The van der Waals surface area contributed by atoms with E-state index in [0.29, 0.717) is 16.8 Å². The number of rotatable bonds is 11. The molecule has 0 saturated carbocycles. The molecule has 0 spiro atoms. The van der Waals surface area contributed by atoms with Crippen molar-refractivity contribution in [3.63, 3.8) is 0 Å². The highest BCUT2D eigenvalue weighted by Crippen LogP contribution is 2.51. The molecule has 0 radical (unpaired) electrons. The largest absolute Gasteiger partial charge is 0.368 e. The van der Waals surface area contributed by atoms with Crippen LogP contribution in [0.4, 0.5) is 0 Å². The number of hydrogen-bond acceptors (Lipinski definition) is 6. The first-order chi connectivity index (χ1) is 15.8. The van der Waals surface area contributed by atoms with Gasteiger partial charge >= 0.3 is 7.60 Å². The van der Waals surface area contributed by atoms with Crippen molar-refractivity contribution < 1.29 is 23.2 Å². The molecular weight excluding hydrogens is 441 g/mol. The predicted molar refractivity (Wildman–Crippen MR) is 127 cm³/mol. The molecule has 0 aliphatic carbocycles. The molecule has 2 aromatic carbocycles. The molecule has 0 saturated heterocycles. The minimum Gasteiger partial charge on any atom is -0.368 e. The van der Waals surface area contributed by atoms with Gasteiger partial charge in [0.05, 0.1) is 24.9 Å². The van der Waals surface area contributed by atoms with Crippen LogP contribution < -0.4 is 11.1 Å². The number of nitrogens with one attached hydrogen (secondary N) is 1. The molecule has 0 fully saturated rings. The van der Waals surface area contributed by atoms with E-state index < -0.39 is 25.5 Å². The van der Waals surface area contributed by atoms with Gasteiger partial charge in [-0.25, -0.2) is 0 Å². The summed E-state index contributed by atoms with van der Waals surface area (Å²) in [5, 5.41) is 3.67. The first-order valence-electron chi connectivity index (χ1n) is 10.8. The van der Waals surface area contributed by atoms with Crippen molar-refractivity contribution in [1.29, 1.82) is 0 Å². The highest BCUT2D eigenvalue weighted by atomic mass is 31.2. The van der Waals surface area contributed by atoms with Crippen LogP contribution in [0.25, 0.3) is 10.9 Å². The number of aromatic nitrogens is 1. The van der Waals surface area contributed by atoms with E-state index >= 15 is 0 Å². The Bertz CT molecular complexity index is 1160. The molecule has 33 heavy (non-hydrogen) atoms. The van der Waals surface area contributed by atoms with Gasteiger partial charge in [0.2, 0.25) is 5.91 Å². The predicted octanol–water partition coefficient (Wildman–Crippen LogP) is 3.83. The zero-order valence-corrected chi connectivity index (χ0v) is 19.6. The van der Waals surface area contributed by atoms with E-state index in [1.807, 2.05) is 36.4 Å². The van der Waals surface area contributed by atoms with E-state index in [2.05, 4.69) is 10.3 Å². The summed E-state index contributed by atoms with van der Waals surface area (Å²) >= 11 is 0. The fourth-order valence-corrected chi connectivity index (χ4v) is 5.10. The van der Waals surface area contributed by atoms with E-state index in [9.17, 15) is 14.2 Å². The average Bonchev–Trinajstić information content (AvgIpc) is 2.79. The fraction of sp³-hybridized carbons (Fsp3) is 0.292. The summed E-state index contributed by atoms with van der Waals surface area (Å²) in [6, 6.07) is 17.0. The smallest absolute Gasteiger partial charge is 0.335 e. The fourth-order valence-electron chi connectivity index (χ4n) is 3.40. The number of nitrogens with zero attached hydrogens (tertiary/aromatic N) is 1. The van der Waals surface area contributed by atoms with Crippen LogP contribution in [0.15, 0.2) is 60.7 Å². The molecule has 8 nitrogen and oxygen atoms in total. The number of carbonyl (C=O) groups excluding carboxylic acids is 2. The van der Waals surface area contributed by atoms with Gasteiger partial charge in [-0.2, -0.15) is 0 Å². The monoisotopic (exact) mass is 469 g/mol. The summed E-state index contributed by atoms with van der Waals surface area (Å²) < 4.78 is 23.3. The van der Waals surface area contributed by atoms with Gasteiger partial charge in [-0.1, -0.05) is 36.4 Å². The van der Waals surface area contributed by atoms with Crippen molar-refractivity contribution in [3.05, 3.63) is 77.5 Å². The van der Waals surface area contributed by atoms with Crippen LogP contribution in [-0.4, -0.2) is 36.1 Å². The number of benzene rings is 2. The van der Waals surface area contributed by atoms with Crippen LogP contribution in [0.5, 0.6) is 0 Å². The Labute approximate surface area is 193 Å². The van der Waals surface area contributed by atoms with E-state index in [-0.39, 0.29) is 25.8 Å². The van der Waals surface area contributed by atoms with E-state index in [0.717, 1.165) is 10.9 Å². The van der Waals surface area contributed by atoms with Crippen LogP contribution in [0.1, 0.15) is 35.5 Å². The Morgan fingerprint density at radius 1 is 1.00 bits per heavy atom. The minimum absolute atomic E-state index is 0.105. The standard InChI is InChI=1S/C24H28N3O5P/c1-3-31-33(30,32-4-2)16-17-9-11-19(12-10-17)24(29)27-22(23(25)28)15-20-14-13-18-7-5-6-8-21(18)26-20/h5-14,22H,3-4,15-16H2,1-2H3,(H2,25,28)(H,27,29)/t22-/m1/s1. The zero-order valence-electron chi connectivity index (χ0n) is 18.7. The van der Waals surface area contributed by atoms with E-state index in [4.69, 9.17) is 14.8 Å². The molecule has 1 aromatic heterocycles. The van der Waals surface area contributed by atoms with Crippen molar-refractivity contribution in [3.8, 4) is 0 Å². The lowest BCUT2D eigenvalue weighted by Crippen LogP contribution is -2.46. The lowest BCUT2D eigenvalue weighted by atomic mass is 10.1. The second-order valence-electron chi connectivity index (χ2n) is 7.43. The SMILES string of the molecule is CCOP(=O)(Cc1ccc(C(=O)N[C@H](Cc2ccc3ccccc3n2)C(N)=O)cc1)OCC. The number of nitrogens with two attached hydrogens (primary N) is 1. The van der Waals surface area contributed by atoms with Crippen LogP contribution >= 0.6 is 7.60 Å². The summed E-state index contributed by atoms with van der Waals surface area (Å²) in [6.45, 7) is 4.06. The molecule has 3 aromatic rings.